The van der Waals surface area contributed by atoms with Gasteiger partial charge in [0.2, 0.25) is 5.91 Å². The lowest BCUT2D eigenvalue weighted by molar-refractivity contribution is -0.120. The van der Waals surface area contributed by atoms with Crippen LogP contribution in [0.4, 0.5) is 0 Å². The molecular weight excluding hydrogens is 334 g/mol. The van der Waals surface area contributed by atoms with Crippen molar-refractivity contribution >= 4 is 11.8 Å². The van der Waals surface area contributed by atoms with Gasteiger partial charge < -0.3 is 20.1 Å². The van der Waals surface area contributed by atoms with Crippen LogP contribution in [0.2, 0.25) is 0 Å². The van der Waals surface area contributed by atoms with Gasteiger partial charge in [-0.2, -0.15) is 0 Å². The van der Waals surface area contributed by atoms with Crippen molar-refractivity contribution in [3.8, 4) is 5.75 Å². The van der Waals surface area contributed by atoms with Crippen molar-refractivity contribution in [2.24, 2.45) is 0 Å². The van der Waals surface area contributed by atoms with E-state index in [-0.39, 0.29) is 30.6 Å². The summed E-state index contributed by atoms with van der Waals surface area (Å²) in [5.74, 6) is -0.00917. The second kappa shape index (κ2) is 10.1. The molecule has 1 aromatic carbocycles. The number of morpholine rings is 1. The average Bonchev–Trinajstić information content (AvgIpc) is 2.59. The molecule has 0 radical (unpaired) electrons. The number of hydrogen-bond acceptors (Lipinski definition) is 5. The Bertz CT molecular complexity index is 598. The minimum Gasteiger partial charge on any atom is -0.493 e. The van der Waals surface area contributed by atoms with Gasteiger partial charge in [-0.25, -0.2) is 0 Å². The molecule has 0 aliphatic carbocycles. The molecule has 7 nitrogen and oxygen atoms in total. The number of carbonyl (C=O) groups is 2. The van der Waals surface area contributed by atoms with Crippen LogP contribution in [0.25, 0.3) is 0 Å². The number of amides is 2. The summed E-state index contributed by atoms with van der Waals surface area (Å²) in [5.41, 5.74) is 0.429. The third kappa shape index (κ3) is 6.31. The molecule has 2 unspecified atom stereocenters. The first-order chi connectivity index (χ1) is 12.5. The highest BCUT2D eigenvalue weighted by Gasteiger charge is 2.21. The number of para-hydroxylation sites is 1. The average molecular weight is 363 g/mol. The van der Waals surface area contributed by atoms with Crippen molar-refractivity contribution in [3.63, 3.8) is 0 Å². The van der Waals surface area contributed by atoms with Crippen LogP contribution >= 0.6 is 0 Å². The van der Waals surface area contributed by atoms with Crippen LogP contribution in [-0.2, 0) is 9.53 Å². The predicted octanol–water partition coefficient (Wildman–Crippen LogP) is 1.04. The summed E-state index contributed by atoms with van der Waals surface area (Å²) < 4.78 is 11.1. The lowest BCUT2D eigenvalue weighted by atomic mass is 10.2. The second-order valence-corrected chi connectivity index (χ2v) is 6.48. The summed E-state index contributed by atoms with van der Waals surface area (Å²) in [7, 11) is 0. The Labute approximate surface area is 155 Å². The van der Waals surface area contributed by atoms with E-state index in [4.69, 9.17) is 9.47 Å². The molecule has 26 heavy (non-hydrogen) atoms. The van der Waals surface area contributed by atoms with Crippen LogP contribution in [-0.4, -0.2) is 68.3 Å². The topological polar surface area (TPSA) is 79.9 Å². The summed E-state index contributed by atoms with van der Waals surface area (Å²) in [5, 5.41) is 5.47. The molecule has 0 aromatic heterocycles. The molecule has 2 atom stereocenters. The van der Waals surface area contributed by atoms with Crippen molar-refractivity contribution in [1.82, 2.24) is 15.5 Å². The monoisotopic (exact) mass is 363 g/mol. The van der Waals surface area contributed by atoms with Gasteiger partial charge in [-0.1, -0.05) is 12.1 Å². The fraction of sp³-hybridized carbons (Fsp3) is 0.579. The van der Waals surface area contributed by atoms with Crippen LogP contribution in [0.3, 0.4) is 0 Å². The minimum atomic E-state index is -0.319. The van der Waals surface area contributed by atoms with Gasteiger partial charge in [0, 0.05) is 26.2 Å². The van der Waals surface area contributed by atoms with E-state index in [1.165, 1.54) is 0 Å². The maximum atomic E-state index is 12.2. The fourth-order valence-electron chi connectivity index (χ4n) is 3.07. The fourth-order valence-corrected chi connectivity index (χ4v) is 3.07. The Morgan fingerprint density at radius 2 is 1.88 bits per heavy atom. The second-order valence-electron chi connectivity index (χ2n) is 6.48. The first-order valence-electron chi connectivity index (χ1n) is 9.14. The molecule has 2 rings (SSSR count). The molecule has 7 heteroatoms. The van der Waals surface area contributed by atoms with Crippen molar-refractivity contribution in [3.05, 3.63) is 29.8 Å². The molecule has 0 spiro atoms. The van der Waals surface area contributed by atoms with E-state index in [9.17, 15) is 9.59 Å². The molecule has 1 fully saturated rings. The smallest absolute Gasteiger partial charge is 0.255 e. The predicted molar refractivity (Wildman–Crippen MR) is 99.4 cm³/mol. The Morgan fingerprint density at radius 1 is 1.19 bits per heavy atom. The van der Waals surface area contributed by atoms with E-state index in [2.05, 4.69) is 29.4 Å². The van der Waals surface area contributed by atoms with Crippen molar-refractivity contribution in [2.45, 2.75) is 33.0 Å². The van der Waals surface area contributed by atoms with E-state index in [1.807, 2.05) is 13.0 Å². The van der Waals surface area contributed by atoms with Gasteiger partial charge in [0.15, 0.2) is 0 Å². The molecule has 1 aromatic rings. The van der Waals surface area contributed by atoms with E-state index in [1.54, 1.807) is 18.2 Å². The van der Waals surface area contributed by atoms with E-state index in [0.717, 1.165) is 19.6 Å². The van der Waals surface area contributed by atoms with E-state index >= 15 is 0 Å². The van der Waals surface area contributed by atoms with E-state index in [0.29, 0.717) is 24.5 Å². The third-order valence-electron chi connectivity index (χ3n) is 4.09. The molecule has 2 N–H and O–H groups in total. The highest BCUT2D eigenvalue weighted by molar-refractivity contribution is 5.98. The summed E-state index contributed by atoms with van der Waals surface area (Å²) in [4.78, 5) is 26.5. The van der Waals surface area contributed by atoms with Crippen LogP contribution in [0, 0.1) is 0 Å². The molecule has 0 saturated carbocycles. The van der Waals surface area contributed by atoms with Gasteiger partial charge in [-0.15, -0.1) is 0 Å². The highest BCUT2D eigenvalue weighted by Crippen LogP contribution is 2.17. The van der Waals surface area contributed by atoms with Gasteiger partial charge in [-0.05, 0) is 32.9 Å². The molecule has 2 amide bonds. The van der Waals surface area contributed by atoms with E-state index < -0.39 is 0 Å². The number of nitrogens with zero attached hydrogens (tertiary/aromatic N) is 1. The molecule has 1 heterocycles. The van der Waals surface area contributed by atoms with Gasteiger partial charge in [0.05, 0.1) is 30.9 Å². The zero-order chi connectivity index (χ0) is 18.9. The maximum absolute atomic E-state index is 12.2. The van der Waals surface area contributed by atoms with Gasteiger partial charge in [-0.3, -0.25) is 14.5 Å². The molecule has 144 valence electrons. The zero-order valence-electron chi connectivity index (χ0n) is 15.8. The van der Waals surface area contributed by atoms with Gasteiger partial charge in [0.1, 0.15) is 5.75 Å². The summed E-state index contributed by atoms with van der Waals surface area (Å²) >= 11 is 0. The van der Waals surface area contributed by atoms with Crippen LogP contribution in [0.1, 0.15) is 31.1 Å². The van der Waals surface area contributed by atoms with Gasteiger partial charge >= 0.3 is 0 Å². The van der Waals surface area contributed by atoms with Crippen LogP contribution < -0.4 is 15.4 Å². The molecule has 1 aliphatic heterocycles. The zero-order valence-corrected chi connectivity index (χ0v) is 15.8. The SMILES string of the molecule is CCOc1ccccc1C(=O)NCC(=O)NCCN1CC(C)OC(C)C1. The quantitative estimate of drug-likeness (QED) is 0.721. The number of hydrogen-bond donors (Lipinski definition) is 2. The van der Waals surface area contributed by atoms with Crippen LogP contribution in [0.15, 0.2) is 24.3 Å². The minimum absolute atomic E-state index is 0.0603. The summed E-state index contributed by atoms with van der Waals surface area (Å²) in [6.45, 7) is 9.43. The number of nitrogens with one attached hydrogen (secondary N) is 2. The Kier molecular flexibility index (Phi) is 7.87. The summed E-state index contributed by atoms with van der Waals surface area (Å²) in [6, 6.07) is 6.99. The normalized spacial score (nSPS) is 20.4. The highest BCUT2D eigenvalue weighted by atomic mass is 16.5. The molecule has 1 aliphatic rings. The van der Waals surface area contributed by atoms with Crippen LogP contribution in [0.5, 0.6) is 5.75 Å². The standard InChI is InChI=1S/C19H29N3O4/c1-4-25-17-8-6-5-7-16(17)19(24)21-11-18(23)20-9-10-22-12-14(2)26-15(3)13-22/h5-8,14-15H,4,9-13H2,1-3H3,(H,20,23)(H,21,24). The third-order valence-corrected chi connectivity index (χ3v) is 4.09. The molecule has 1 saturated heterocycles. The van der Waals surface area contributed by atoms with Crippen molar-refractivity contribution in [2.75, 3.05) is 39.3 Å². The first-order valence-corrected chi connectivity index (χ1v) is 9.14. The maximum Gasteiger partial charge on any atom is 0.255 e. The number of benzene rings is 1. The first kappa shape index (κ1) is 20.2. The number of ether oxygens (including phenoxy) is 2. The Hall–Kier alpha value is -2.12. The Morgan fingerprint density at radius 3 is 2.58 bits per heavy atom. The lowest BCUT2D eigenvalue weighted by Crippen LogP contribution is -2.48. The largest absolute Gasteiger partial charge is 0.493 e. The Balaban J connectivity index is 1.71. The summed E-state index contributed by atoms with van der Waals surface area (Å²) in [6.07, 6.45) is 0.415. The number of carbonyl (C=O) groups excluding carboxylic acids is 2. The van der Waals surface area contributed by atoms with Crippen molar-refractivity contribution in [1.29, 1.82) is 0 Å². The molecular formula is C19H29N3O4. The van der Waals surface area contributed by atoms with Crippen molar-refractivity contribution < 1.29 is 19.1 Å². The van der Waals surface area contributed by atoms with Gasteiger partial charge in [0.25, 0.3) is 5.91 Å². The molecule has 0 bridgehead atoms. The lowest BCUT2D eigenvalue weighted by Gasteiger charge is -2.35. The number of rotatable bonds is 8.